The molecule has 0 saturated heterocycles. The number of aromatic carboxylic acids is 1. The van der Waals surface area contributed by atoms with Crippen molar-refractivity contribution >= 4 is 27.3 Å². The summed E-state index contributed by atoms with van der Waals surface area (Å²) >= 11 is 1.44. The van der Waals surface area contributed by atoms with Crippen molar-refractivity contribution < 1.29 is 18.3 Å². The molecule has 1 aliphatic rings. The smallest absolute Gasteiger partial charge is 0.337 e. The van der Waals surface area contributed by atoms with Gasteiger partial charge in [-0.3, -0.25) is 4.98 Å². The Labute approximate surface area is 144 Å². The minimum atomic E-state index is -3.61. The highest BCUT2D eigenvalue weighted by Gasteiger charge is 2.30. The Bertz CT molecular complexity index is 899. The maximum absolute atomic E-state index is 12.4. The molecule has 0 aromatic carbocycles. The summed E-state index contributed by atoms with van der Waals surface area (Å²) in [4.78, 5) is 17.6. The van der Waals surface area contributed by atoms with E-state index in [1.807, 2.05) is 6.92 Å². The van der Waals surface area contributed by atoms with Crippen LogP contribution in [0.1, 0.15) is 50.3 Å². The fourth-order valence-corrected chi connectivity index (χ4v) is 5.14. The van der Waals surface area contributed by atoms with Gasteiger partial charge in [0.1, 0.15) is 0 Å². The van der Waals surface area contributed by atoms with Crippen molar-refractivity contribution in [2.45, 2.75) is 44.0 Å². The van der Waals surface area contributed by atoms with Gasteiger partial charge < -0.3 is 5.11 Å². The first kappa shape index (κ1) is 17.1. The number of nitrogens with one attached hydrogen (secondary N) is 1. The number of pyridine rings is 1. The molecule has 0 aliphatic heterocycles. The van der Waals surface area contributed by atoms with Gasteiger partial charge in [-0.05, 0) is 44.9 Å². The number of carboxylic acids is 1. The summed E-state index contributed by atoms with van der Waals surface area (Å²) in [7, 11) is -3.61. The van der Waals surface area contributed by atoms with E-state index in [1.165, 1.54) is 17.4 Å². The average Bonchev–Trinajstić information content (AvgIpc) is 3.29. The number of aromatic nitrogens is 1. The van der Waals surface area contributed by atoms with Crippen LogP contribution in [-0.4, -0.2) is 24.5 Å². The summed E-state index contributed by atoms with van der Waals surface area (Å²) in [6.45, 7) is 3.68. The molecule has 128 valence electrons. The van der Waals surface area contributed by atoms with Gasteiger partial charge in [0.25, 0.3) is 0 Å². The van der Waals surface area contributed by atoms with Crippen LogP contribution in [0.3, 0.4) is 0 Å². The quantitative estimate of drug-likeness (QED) is 0.819. The van der Waals surface area contributed by atoms with Crippen LogP contribution in [0.25, 0.3) is 0 Å². The van der Waals surface area contributed by atoms with Gasteiger partial charge in [0.15, 0.2) is 0 Å². The Morgan fingerprint density at radius 3 is 2.62 bits per heavy atom. The molecule has 0 radical (unpaired) electrons. The van der Waals surface area contributed by atoms with Gasteiger partial charge in [0, 0.05) is 15.7 Å². The van der Waals surface area contributed by atoms with E-state index >= 15 is 0 Å². The van der Waals surface area contributed by atoms with Crippen molar-refractivity contribution in [1.82, 2.24) is 9.71 Å². The first-order chi connectivity index (χ1) is 11.3. The molecule has 2 aromatic heterocycles. The maximum atomic E-state index is 12.4. The monoisotopic (exact) mass is 366 g/mol. The number of nitrogens with zero attached hydrogens (tertiary/aromatic N) is 1. The third-order valence-electron chi connectivity index (χ3n) is 3.91. The SMILES string of the molecule is Cc1cc(S(=O)(=O)NCc2ccc(C(=O)O)c(C3CC3)n2)c(C)s1. The van der Waals surface area contributed by atoms with Crippen molar-refractivity contribution in [3.05, 3.63) is 44.9 Å². The van der Waals surface area contributed by atoms with Crippen LogP contribution in [0.5, 0.6) is 0 Å². The number of rotatable bonds is 6. The van der Waals surface area contributed by atoms with Gasteiger partial charge in [-0.1, -0.05) is 0 Å². The zero-order valence-electron chi connectivity index (χ0n) is 13.4. The largest absolute Gasteiger partial charge is 0.478 e. The van der Waals surface area contributed by atoms with Crippen LogP contribution < -0.4 is 4.72 Å². The van der Waals surface area contributed by atoms with Gasteiger partial charge in [-0.25, -0.2) is 17.9 Å². The summed E-state index contributed by atoms with van der Waals surface area (Å²) in [5, 5.41) is 9.22. The standard InChI is InChI=1S/C16H18N2O4S2/c1-9-7-14(10(2)23-9)24(21,22)17-8-12-5-6-13(16(19)20)15(18-12)11-3-4-11/h5-7,11,17H,3-4,8H2,1-2H3,(H,19,20). The minimum absolute atomic E-state index is 0.0380. The van der Waals surface area contributed by atoms with E-state index in [4.69, 9.17) is 0 Å². The van der Waals surface area contributed by atoms with Crippen molar-refractivity contribution in [2.75, 3.05) is 0 Å². The Balaban J connectivity index is 1.80. The van der Waals surface area contributed by atoms with Crippen molar-refractivity contribution in [2.24, 2.45) is 0 Å². The molecule has 1 aliphatic carbocycles. The Hall–Kier alpha value is -1.77. The molecule has 1 saturated carbocycles. The molecular weight excluding hydrogens is 348 g/mol. The molecule has 2 N–H and O–H groups in total. The molecule has 2 aromatic rings. The van der Waals surface area contributed by atoms with E-state index in [2.05, 4.69) is 9.71 Å². The third kappa shape index (κ3) is 3.50. The van der Waals surface area contributed by atoms with Crippen LogP contribution in [0.2, 0.25) is 0 Å². The van der Waals surface area contributed by atoms with Crippen molar-refractivity contribution in [3.8, 4) is 0 Å². The second-order valence-corrected chi connectivity index (χ2v) is 9.11. The third-order valence-corrected chi connectivity index (χ3v) is 6.53. The molecule has 3 rings (SSSR count). The number of aryl methyl sites for hydroxylation is 2. The second-order valence-electron chi connectivity index (χ2n) is 5.92. The first-order valence-corrected chi connectivity index (χ1v) is 9.87. The topological polar surface area (TPSA) is 96.4 Å². The van der Waals surface area contributed by atoms with Crippen molar-refractivity contribution in [1.29, 1.82) is 0 Å². The molecule has 0 atom stereocenters. The number of carbonyl (C=O) groups is 1. The minimum Gasteiger partial charge on any atom is -0.478 e. The lowest BCUT2D eigenvalue weighted by Gasteiger charge is -2.09. The molecule has 0 spiro atoms. The highest BCUT2D eigenvalue weighted by Crippen LogP contribution is 2.40. The zero-order valence-corrected chi connectivity index (χ0v) is 15.0. The fourth-order valence-electron chi connectivity index (χ4n) is 2.59. The average molecular weight is 366 g/mol. The molecule has 24 heavy (non-hydrogen) atoms. The lowest BCUT2D eigenvalue weighted by Crippen LogP contribution is -2.24. The van der Waals surface area contributed by atoms with E-state index in [0.29, 0.717) is 11.4 Å². The highest BCUT2D eigenvalue weighted by molar-refractivity contribution is 7.89. The van der Waals surface area contributed by atoms with E-state index < -0.39 is 16.0 Å². The van der Waals surface area contributed by atoms with Crippen LogP contribution in [0.4, 0.5) is 0 Å². The van der Waals surface area contributed by atoms with Gasteiger partial charge in [-0.2, -0.15) is 0 Å². The normalized spacial score (nSPS) is 14.8. The van der Waals surface area contributed by atoms with Crippen LogP contribution in [-0.2, 0) is 16.6 Å². The summed E-state index contributed by atoms with van der Waals surface area (Å²) in [6.07, 6.45) is 1.85. The molecule has 8 heteroatoms. The molecule has 6 nitrogen and oxygen atoms in total. The van der Waals surface area contributed by atoms with E-state index in [-0.39, 0.29) is 22.9 Å². The van der Waals surface area contributed by atoms with E-state index in [0.717, 1.165) is 22.6 Å². The summed E-state index contributed by atoms with van der Waals surface area (Å²) in [5.41, 5.74) is 1.28. The molecule has 0 amide bonds. The van der Waals surface area contributed by atoms with Gasteiger partial charge in [0.05, 0.1) is 28.4 Å². The lowest BCUT2D eigenvalue weighted by molar-refractivity contribution is 0.0695. The maximum Gasteiger partial charge on any atom is 0.337 e. The molecule has 0 bridgehead atoms. The number of hydrogen-bond donors (Lipinski definition) is 2. The molecule has 1 fully saturated rings. The fraction of sp³-hybridized carbons (Fsp3) is 0.375. The van der Waals surface area contributed by atoms with Gasteiger partial charge in [-0.15, -0.1) is 11.3 Å². The predicted molar refractivity (Wildman–Crippen MR) is 91.0 cm³/mol. The number of sulfonamides is 1. The Kier molecular flexibility index (Phi) is 4.46. The Morgan fingerprint density at radius 1 is 1.38 bits per heavy atom. The number of thiophene rings is 1. The summed E-state index contributed by atoms with van der Waals surface area (Å²) in [6, 6.07) is 4.72. The van der Waals surface area contributed by atoms with Crippen LogP contribution in [0.15, 0.2) is 23.1 Å². The lowest BCUT2D eigenvalue weighted by atomic mass is 10.1. The van der Waals surface area contributed by atoms with Gasteiger partial charge >= 0.3 is 5.97 Å². The predicted octanol–water partition coefficient (Wildman–Crippen LogP) is 2.81. The molecule has 0 unspecified atom stereocenters. The van der Waals surface area contributed by atoms with Crippen LogP contribution in [0, 0.1) is 13.8 Å². The Morgan fingerprint density at radius 2 is 2.08 bits per heavy atom. The first-order valence-electron chi connectivity index (χ1n) is 7.58. The molecular formula is C16H18N2O4S2. The van der Waals surface area contributed by atoms with E-state index in [9.17, 15) is 18.3 Å². The number of hydrogen-bond acceptors (Lipinski definition) is 5. The summed E-state index contributed by atoms with van der Waals surface area (Å²) in [5.74, 6) is -0.824. The van der Waals surface area contributed by atoms with Crippen LogP contribution >= 0.6 is 11.3 Å². The number of carboxylic acid groups (broad SMARTS) is 1. The van der Waals surface area contributed by atoms with Crippen molar-refractivity contribution in [3.63, 3.8) is 0 Å². The zero-order chi connectivity index (χ0) is 17.5. The van der Waals surface area contributed by atoms with Gasteiger partial charge in [0.2, 0.25) is 10.0 Å². The molecule has 2 heterocycles. The highest BCUT2D eigenvalue weighted by atomic mass is 32.2. The second kappa shape index (κ2) is 6.27. The van der Waals surface area contributed by atoms with E-state index in [1.54, 1.807) is 19.1 Å². The summed E-state index contributed by atoms with van der Waals surface area (Å²) < 4.78 is 27.4.